The first-order valence-electron chi connectivity index (χ1n) is 8.31. The molecule has 0 spiro atoms. The average molecular weight is 335 g/mol. The van der Waals surface area contributed by atoms with Gasteiger partial charge in [-0.05, 0) is 48.6 Å². The number of rotatable bonds is 3. The van der Waals surface area contributed by atoms with E-state index in [-0.39, 0.29) is 5.57 Å². The topological polar surface area (TPSA) is 57.6 Å². The summed E-state index contributed by atoms with van der Waals surface area (Å²) in [4.78, 5) is 26.4. The maximum Gasteiger partial charge on any atom is 0.301 e. The summed E-state index contributed by atoms with van der Waals surface area (Å²) in [5.41, 5.74) is 4.14. The zero-order valence-electron chi connectivity index (χ0n) is 14.8. The number of hydrogen-bond donors (Lipinski definition) is 1. The molecule has 25 heavy (non-hydrogen) atoms. The number of aliphatic hydroxyl groups excluding tert-OH is 1. The van der Waals surface area contributed by atoms with Gasteiger partial charge in [0.1, 0.15) is 0 Å². The van der Waals surface area contributed by atoms with Gasteiger partial charge in [-0.1, -0.05) is 49.7 Å². The van der Waals surface area contributed by atoms with Crippen molar-refractivity contribution in [3.8, 4) is 0 Å². The number of imide groups is 1. The molecule has 0 unspecified atom stereocenters. The number of aryl methyl sites for hydroxylation is 2. The van der Waals surface area contributed by atoms with E-state index < -0.39 is 17.6 Å². The highest BCUT2D eigenvalue weighted by Gasteiger charge is 2.40. The van der Waals surface area contributed by atoms with Crippen LogP contribution in [0.25, 0.3) is 5.57 Å². The largest absolute Gasteiger partial charge is 0.502 e. The fourth-order valence-corrected chi connectivity index (χ4v) is 3.10. The van der Waals surface area contributed by atoms with E-state index in [0.717, 1.165) is 21.6 Å². The second-order valence-corrected chi connectivity index (χ2v) is 6.73. The third-order valence-electron chi connectivity index (χ3n) is 4.53. The third kappa shape index (κ3) is 2.84. The molecule has 0 saturated carbocycles. The van der Waals surface area contributed by atoms with Crippen LogP contribution >= 0.6 is 0 Å². The molecule has 2 aromatic rings. The summed E-state index contributed by atoms with van der Waals surface area (Å²) < 4.78 is 0. The van der Waals surface area contributed by atoms with Crippen LogP contribution in [-0.2, 0) is 9.59 Å². The molecule has 1 heterocycles. The van der Waals surface area contributed by atoms with Crippen LogP contribution in [0.4, 0.5) is 5.69 Å². The molecule has 2 amide bonds. The zero-order valence-corrected chi connectivity index (χ0v) is 14.8. The summed E-state index contributed by atoms with van der Waals surface area (Å²) in [5, 5.41) is 10.3. The van der Waals surface area contributed by atoms with E-state index in [0.29, 0.717) is 17.2 Å². The molecule has 1 aliphatic heterocycles. The molecular formula is C21H21NO3. The van der Waals surface area contributed by atoms with Crippen molar-refractivity contribution in [3.05, 3.63) is 70.5 Å². The number of carbonyl (C=O) groups is 2. The second kappa shape index (κ2) is 6.20. The normalized spacial score (nSPS) is 14.8. The summed E-state index contributed by atoms with van der Waals surface area (Å²) in [5.74, 6) is -1.31. The van der Waals surface area contributed by atoms with Gasteiger partial charge in [0.25, 0.3) is 5.91 Å². The highest BCUT2D eigenvalue weighted by Crippen LogP contribution is 2.34. The number of aliphatic hydroxyl groups is 1. The lowest BCUT2D eigenvalue weighted by Crippen LogP contribution is -2.31. The Morgan fingerprint density at radius 3 is 2.12 bits per heavy atom. The lowest BCUT2D eigenvalue weighted by molar-refractivity contribution is -0.121. The van der Waals surface area contributed by atoms with Gasteiger partial charge in [-0.3, -0.25) is 9.59 Å². The molecule has 2 aromatic carbocycles. The Bertz CT molecular complexity index is 892. The number of nitrogens with zero attached hydrogens (tertiary/aromatic N) is 1. The van der Waals surface area contributed by atoms with Gasteiger partial charge in [-0.2, -0.15) is 0 Å². The predicted octanol–water partition coefficient (Wildman–Crippen LogP) is 4.27. The van der Waals surface area contributed by atoms with E-state index >= 15 is 0 Å². The van der Waals surface area contributed by atoms with E-state index in [2.05, 4.69) is 13.8 Å². The van der Waals surface area contributed by atoms with Crippen LogP contribution in [0, 0.1) is 13.8 Å². The van der Waals surface area contributed by atoms with Gasteiger partial charge in [0.2, 0.25) is 0 Å². The molecule has 0 saturated heterocycles. The summed E-state index contributed by atoms with van der Waals surface area (Å²) in [6.45, 7) is 7.97. The Labute approximate surface area is 147 Å². The second-order valence-electron chi connectivity index (χ2n) is 6.73. The maximum absolute atomic E-state index is 12.9. The molecule has 4 heteroatoms. The van der Waals surface area contributed by atoms with Crippen molar-refractivity contribution in [1.29, 1.82) is 0 Å². The predicted molar refractivity (Wildman–Crippen MR) is 98.5 cm³/mol. The summed E-state index contributed by atoms with van der Waals surface area (Å²) in [6.07, 6.45) is 0. The lowest BCUT2D eigenvalue weighted by Gasteiger charge is -2.16. The molecule has 0 fully saturated rings. The smallest absolute Gasteiger partial charge is 0.301 e. The SMILES string of the molecule is Cc1ccc(C2=C(O)C(=O)N(c3ccc(C(C)C)cc3)C2=O)c(C)c1. The third-order valence-corrected chi connectivity index (χ3v) is 4.53. The Morgan fingerprint density at radius 1 is 0.920 bits per heavy atom. The van der Waals surface area contributed by atoms with Gasteiger partial charge < -0.3 is 5.11 Å². The van der Waals surface area contributed by atoms with E-state index in [1.807, 2.05) is 38.1 Å². The molecule has 3 rings (SSSR count). The fraction of sp³-hybridized carbons (Fsp3) is 0.238. The fourth-order valence-electron chi connectivity index (χ4n) is 3.10. The van der Waals surface area contributed by atoms with Gasteiger partial charge in [0.05, 0.1) is 11.3 Å². The minimum atomic E-state index is -0.683. The first kappa shape index (κ1) is 17.0. The summed E-state index contributed by atoms with van der Waals surface area (Å²) in [7, 11) is 0. The van der Waals surface area contributed by atoms with Crippen molar-refractivity contribution in [2.75, 3.05) is 4.90 Å². The van der Waals surface area contributed by atoms with Gasteiger partial charge in [-0.25, -0.2) is 4.90 Å². The molecule has 1 aliphatic rings. The Morgan fingerprint density at radius 2 is 1.56 bits per heavy atom. The molecule has 0 aromatic heterocycles. The molecule has 1 N–H and O–H groups in total. The van der Waals surface area contributed by atoms with Gasteiger partial charge in [0, 0.05) is 0 Å². The molecule has 4 nitrogen and oxygen atoms in total. The van der Waals surface area contributed by atoms with Gasteiger partial charge in [-0.15, -0.1) is 0 Å². The van der Waals surface area contributed by atoms with Crippen molar-refractivity contribution in [2.45, 2.75) is 33.6 Å². The first-order chi connectivity index (χ1) is 11.8. The maximum atomic E-state index is 12.9. The summed E-state index contributed by atoms with van der Waals surface area (Å²) >= 11 is 0. The van der Waals surface area contributed by atoms with Crippen LogP contribution in [0.5, 0.6) is 0 Å². The number of amides is 2. The van der Waals surface area contributed by atoms with Crippen LogP contribution in [0.3, 0.4) is 0 Å². The molecule has 0 aliphatic carbocycles. The minimum absolute atomic E-state index is 0.0652. The van der Waals surface area contributed by atoms with Crippen molar-refractivity contribution in [2.24, 2.45) is 0 Å². The Balaban J connectivity index is 2.01. The van der Waals surface area contributed by atoms with Crippen molar-refractivity contribution < 1.29 is 14.7 Å². The highest BCUT2D eigenvalue weighted by molar-refractivity contribution is 6.45. The highest BCUT2D eigenvalue weighted by atomic mass is 16.3. The number of benzene rings is 2. The zero-order chi connectivity index (χ0) is 18.3. The van der Waals surface area contributed by atoms with E-state index in [1.165, 1.54) is 0 Å². The van der Waals surface area contributed by atoms with Crippen molar-refractivity contribution >= 4 is 23.1 Å². The van der Waals surface area contributed by atoms with Crippen LogP contribution < -0.4 is 4.90 Å². The van der Waals surface area contributed by atoms with Crippen molar-refractivity contribution in [1.82, 2.24) is 0 Å². The Kier molecular flexibility index (Phi) is 4.21. The van der Waals surface area contributed by atoms with E-state index in [4.69, 9.17) is 0 Å². The number of carbonyl (C=O) groups excluding carboxylic acids is 2. The monoisotopic (exact) mass is 335 g/mol. The van der Waals surface area contributed by atoms with Crippen molar-refractivity contribution in [3.63, 3.8) is 0 Å². The molecule has 0 atom stereocenters. The lowest BCUT2D eigenvalue weighted by atomic mass is 9.98. The van der Waals surface area contributed by atoms with Crippen LogP contribution in [0.2, 0.25) is 0 Å². The standard InChI is InChI=1S/C21H21NO3/c1-12(2)15-6-8-16(9-7-15)22-20(24)18(19(23)21(22)25)17-10-5-13(3)11-14(17)4/h5-12,23H,1-4H3. The Hall–Kier alpha value is -2.88. The molecule has 0 radical (unpaired) electrons. The van der Waals surface area contributed by atoms with Crippen LogP contribution in [0.1, 0.15) is 42.0 Å². The van der Waals surface area contributed by atoms with Gasteiger partial charge >= 0.3 is 5.91 Å². The summed E-state index contributed by atoms with van der Waals surface area (Å²) in [6, 6.07) is 12.8. The quantitative estimate of drug-likeness (QED) is 0.852. The number of hydrogen-bond acceptors (Lipinski definition) is 3. The minimum Gasteiger partial charge on any atom is -0.502 e. The van der Waals surface area contributed by atoms with Crippen LogP contribution in [-0.4, -0.2) is 16.9 Å². The number of anilines is 1. The van der Waals surface area contributed by atoms with E-state index in [9.17, 15) is 14.7 Å². The average Bonchev–Trinajstić information content (AvgIpc) is 2.78. The molecular weight excluding hydrogens is 314 g/mol. The molecule has 128 valence electrons. The molecule has 0 bridgehead atoms. The van der Waals surface area contributed by atoms with E-state index in [1.54, 1.807) is 18.2 Å². The van der Waals surface area contributed by atoms with Crippen LogP contribution in [0.15, 0.2) is 48.2 Å². The van der Waals surface area contributed by atoms with Gasteiger partial charge in [0.15, 0.2) is 5.76 Å². The first-order valence-corrected chi connectivity index (χ1v) is 8.31.